The molecule has 6 heteroatoms. The highest BCUT2D eigenvalue weighted by Gasteiger charge is 2.39. The van der Waals surface area contributed by atoms with Gasteiger partial charge in [0.15, 0.2) is 0 Å². The Balaban J connectivity index is 2.31. The zero-order chi connectivity index (χ0) is 13.4. The molecule has 1 aliphatic rings. The molecule has 1 aliphatic carbocycles. The summed E-state index contributed by atoms with van der Waals surface area (Å²) < 4.78 is 28.2. The van der Waals surface area contributed by atoms with E-state index in [0.717, 1.165) is 30.2 Å². The van der Waals surface area contributed by atoms with Crippen LogP contribution in [0.2, 0.25) is 0 Å². The Morgan fingerprint density at radius 1 is 1.44 bits per heavy atom. The van der Waals surface area contributed by atoms with Gasteiger partial charge in [-0.1, -0.05) is 22.9 Å². The van der Waals surface area contributed by atoms with Gasteiger partial charge in [0.05, 0.1) is 5.69 Å². The Kier molecular flexibility index (Phi) is 3.71. The summed E-state index contributed by atoms with van der Waals surface area (Å²) in [6.45, 7) is 2.01. The second-order valence-electron chi connectivity index (χ2n) is 4.78. The van der Waals surface area contributed by atoms with Crippen molar-refractivity contribution in [3.8, 4) is 0 Å². The summed E-state index contributed by atoms with van der Waals surface area (Å²) in [5, 5.41) is 0. The van der Waals surface area contributed by atoms with Crippen LogP contribution >= 0.6 is 15.9 Å². The van der Waals surface area contributed by atoms with Gasteiger partial charge in [0.1, 0.15) is 4.90 Å². The number of benzene rings is 1. The number of sulfonamides is 1. The van der Waals surface area contributed by atoms with Gasteiger partial charge < -0.3 is 5.73 Å². The highest BCUT2D eigenvalue weighted by molar-refractivity contribution is 9.10. The van der Waals surface area contributed by atoms with Gasteiger partial charge in [-0.25, -0.2) is 13.1 Å². The summed E-state index contributed by atoms with van der Waals surface area (Å²) in [7, 11) is -3.53. The SMILES string of the molecule is CCC1(NS(=O)(=O)c2ccc(Br)cc2N)CCC1. The van der Waals surface area contributed by atoms with E-state index in [1.54, 1.807) is 12.1 Å². The normalized spacial score (nSPS) is 18.3. The van der Waals surface area contributed by atoms with Crippen molar-refractivity contribution in [2.24, 2.45) is 0 Å². The van der Waals surface area contributed by atoms with Crippen LogP contribution < -0.4 is 10.5 Å². The number of hydrogen-bond donors (Lipinski definition) is 2. The van der Waals surface area contributed by atoms with E-state index in [0.29, 0.717) is 0 Å². The lowest BCUT2D eigenvalue weighted by molar-refractivity contribution is 0.214. The lowest BCUT2D eigenvalue weighted by Crippen LogP contribution is -2.52. The third kappa shape index (κ3) is 2.55. The van der Waals surface area contributed by atoms with Gasteiger partial charge in [-0.2, -0.15) is 0 Å². The molecule has 0 unspecified atom stereocenters. The second-order valence-corrected chi connectivity index (χ2v) is 7.34. The summed E-state index contributed by atoms with van der Waals surface area (Å²) >= 11 is 3.27. The van der Waals surface area contributed by atoms with Crippen molar-refractivity contribution in [1.29, 1.82) is 0 Å². The number of nitrogen functional groups attached to an aromatic ring is 1. The first-order chi connectivity index (χ1) is 8.38. The molecule has 1 fully saturated rings. The van der Waals surface area contributed by atoms with E-state index in [1.165, 1.54) is 6.07 Å². The maximum absolute atomic E-state index is 12.3. The number of nitrogens with two attached hydrogens (primary N) is 1. The van der Waals surface area contributed by atoms with Crippen LogP contribution in [-0.4, -0.2) is 14.0 Å². The van der Waals surface area contributed by atoms with Crippen molar-refractivity contribution in [3.05, 3.63) is 22.7 Å². The Hall–Kier alpha value is -0.590. The molecule has 1 aromatic rings. The van der Waals surface area contributed by atoms with Crippen LogP contribution in [0, 0.1) is 0 Å². The van der Waals surface area contributed by atoms with Crippen molar-refractivity contribution in [2.45, 2.75) is 43.0 Å². The average Bonchev–Trinajstić information content (AvgIpc) is 2.23. The molecule has 4 nitrogen and oxygen atoms in total. The van der Waals surface area contributed by atoms with Gasteiger partial charge in [0.25, 0.3) is 0 Å². The third-order valence-electron chi connectivity index (χ3n) is 3.60. The largest absolute Gasteiger partial charge is 0.398 e. The summed E-state index contributed by atoms with van der Waals surface area (Å²) in [6, 6.07) is 4.82. The number of rotatable bonds is 4. The predicted molar refractivity (Wildman–Crippen MR) is 75.7 cm³/mol. The molecule has 0 spiro atoms. The zero-order valence-corrected chi connectivity index (χ0v) is 12.6. The van der Waals surface area contributed by atoms with Crippen LogP contribution in [0.1, 0.15) is 32.6 Å². The minimum atomic E-state index is -3.53. The maximum atomic E-state index is 12.3. The van der Waals surface area contributed by atoms with Gasteiger partial charge in [-0.05, 0) is 43.9 Å². The molecule has 3 N–H and O–H groups in total. The van der Waals surface area contributed by atoms with Crippen molar-refractivity contribution in [3.63, 3.8) is 0 Å². The van der Waals surface area contributed by atoms with Gasteiger partial charge >= 0.3 is 0 Å². The van der Waals surface area contributed by atoms with Crippen LogP contribution in [-0.2, 0) is 10.0 Å². The first-order valence-corrected chi connectivity index (χ1v) is 8.25. The molecule has 1 aromatic carbocycles. The number of halogens is 1. The average molecular weight is 333 g/mol. The minimum absolute atomic E-state index is 0.158. The quantitative estimate of drug-likeness (QED) is 0.832. The lowest BCUT2D eigenvalue weighted by atomic mass is 9.76. The maximum Gasteiger partial charge on any atom is 0.243 e. The van der Waals surface area contributed by atoms with Crippen LogP contribution in [0.15, 0.2) is 27.6 Å². The van der Waals surface area contributed by atoms with Crippen molar-refractivity contribution < 1.29 is 8.42 Å². The molecule has 18 heavy (non-hydrogen) atoms. The number of hydrogen-bond acceptors (Lipinski definition) is 3. The molecule has 0 radical (unpaired) electrons. The van der Waals surface area contributed by atoms with Crippen molar-refractivity contribution in [1.82, 2.24) is 4.72 Å². The fourth-order valence-electron chi connectivity index (χ4n) is 2.24. The van der Waals surface area contributed by atoms with Gasteiger partial charge in [0.2, 0.25) is 10.0 Å². The molecule has 0 heterocycles. The summed E-state index contributed by atoms with van der Waals surface area (Å²) in [5.41, 5.74) is 5.78. The molecule has 0 aromatic heterocycles. The number of anilines is 1. The Bertz CT molecular complexity index is 548. The lowest BCUT2D eigenvalue weighted by Gasteiger charge is -2.41. The Morgan fingerprint density at radius 2 is 2.11 bits per heavy atom. The van der Waals surface area contributed by atoms with E-state index < -0.39 is 10.0 Å². The molecule has 0 amide bonds. The van der Waals surface area contributed by atoms with E-state index in [4.69, 9.17) is 5.73 Å². The fraction of sp³-hybridized carbons (Fsp3) is 0.500. The molecule has 1 saturated carbocycles. The fourth-order valence-corrected chi connectivity index (χ4v) is 4.26. The topological polar surface area (TPSA) is 72.2 Å². The molecule has 0 aliphatic heterocycles. The Labute approximate surface area is 116 Å². The van der Waals surface area contributed by atoms with Gasteiger partial charge in [-0.3, -0.25) is 0 Å². The van der Waals surface area contributed by atoms with Crippen LogP contribution in [0.4, 0.5) is 5.69 Å². The standard InChI is InChI=1S/C12H17BrN2O2S/c1-2-12(6-3-7-12)15-18(16,17)11-5-4-9(13)8-10(11)14/h4-5,8,15H,2-3,6-7,14H2,1H3. The van der Waals surface area contributed by atoms with E-state index in [9.17, 15) is 8.42 Å². The van der Waals surface area contributed by atoms with Crippen LogP contribution in [0.3, 0.4) is 0 Å². The third-order valence-corrected chi connectivity index (χ3v) is 5.75. The first kappa shape index (κ1) is 13.8. The van der Waals surface area contributed by atoms with Crippen molar-refractivity contribution >= 4 is 31.6 Å². The first-order valence-electron chi connectivity index (χ1n) is 5.98. The highest BCUT2D eigenvalue weighted by atomic mass is 79.9. The van der Waals surface area contributed by atoms with Gasteiger partial charge in [0, 0.05) is 10.0 Å². The summed E-state index contributed by atoms with van der Waals surface area (Å²) in [4.78, 5) is 0.158. The van der Waals surface area contributed by atoms with Crippen LogP contribution in [0.25, 0.3) is 0 Å². The molecule has 0 atom stereocenters. The monoisotopic (exact) mass is 332 g/mol. The number of nitrogens with one attached hydrogen (secondary N) is 1. The molecule has 100 valence electrons. The molecule has 0 bridgehead atoms. The van der Waals surface area contributed by atoms with Crippen LogP contribution in [0.5, 0.6) is 0 Å². The van der Waals surface area contributed by atoms with E-state index in [2.05, 4.69) is 20.7 Å². The molecule has 0 saturated heterocycles. The molecule has 2 rings (SSSR count). The van der Waals surface area contributed by atoms with E-state index in [-0.39, 0.29) is 16.1 Å². The summed E-state index contributed by atoms with van der Waals surface area (Å²) in [6.07, 6.45) is 3.69. The minimum Gasteiger partial charge on any atom is -0.398 e. The molecular weight excluding hydrogens is 316 g/mol. The van der Waals surface area contributed by atoms with Crippen molar-refractivity contribution in [2.75, 3.05) is 5.73 Å². The Morgan fingerprint density at radius 3 is 2.56 bits per heavy atom. The smallest absolute Gasteiger partial charge is 0.243 e. The van der Waals surface area contributed by atoms with Gasteiger partial charge in [-0.15, -0.1) is 0 Å². The second kappa shape index (κ2) is 4.83. The predicted octanol–water partition coefficient (Wildman–Crippen LogP) is 2.64. The van der Waals surface area contributed by atoms with E-state index in [1.807, 2.05) is 6.92 Å². The highest BCUT2D eigenvalue weighted by Crippen LogP contribution is 2.36. The summed E-state index contributed by atoms with van der Waals surface area (Å²) in [5.74, 6) is 0. The zero-order valence-electron chi connectivity index (χ0n) is 10.2. The van der Waals surface area contributed by atoms with E-state index >= 15 is 0 Å². The molecular formula is C12H17BrN2O2S.